The second kappa shape index (κ2) is 12.7. The van der Waals surface area contributed by atoms with Gasteiger partial charge in [0.2, 0.25) is 0 Å². The summed E-state index contributed by atoms with van der Waals surface area (Å²) in [6, 6.07) is 25.7. The van der Waals surface area contributed by atoms with Gasteiger partial charge in [-0.2, -0.15) is 0 Å². The molecule has 1 aliphatic heterocycles. The van der Waals surface area contributed by atoms with Crippen LogP contribution in [0.3, 0.4) is 0 Å². The first-order valence-electron chi connectivity index (χ1n) is 11.4. The third kappa shape index (κ3) is 7.62. The van der Waals surface area contributed by atoms with Crippen LogP contribution in [0.5, 0.6) is 0 Å². The van der Waals surface area contributed by atoms with E-state index in [-0.39, 0.29) is 25.4 Å². The minimum absolute atomic E-state index is 0.00233. The summed E-state index contributed by atoms with van der Waals surface area (Å²) in [4.78, 5) is 13.0. The number of nitrogens with one attached hydrogen (secondary N) is 1. The van der Waals surface area contributed by atoms with Gasteiger partial charge in [0, 0.05) is 29.2 Å². The number of amides is 1. The van der Waals surface area contributed by atoms with Crippen LogP contribution in [-0.4, -0.2) is 26.7 Å². The zero-order valence-corrected chi connectivity index (χ0v) is 22.4. The van der Waals surface area contributed by atoms with Gasteiger partial charge in [-0.15, -0.1) is 11.8 Å². The Kier molecular flexibility index (Phi) is 9.58. The van der Waals surface area contributed by atoms with Crippen LogP contribution in [-0.2, 0) is 27.4 Å². The molecule has 190 valence electrons. The molecule has 1 heterocycles. The highest BCUT2D eigenvalue weighted by Gasteiger charge is 2.32. The summed E-state index contributed by atoms with van der Waals surface area (Å²) in [6.45, 7) is 0.234. The van der Waals surface area contributed by atoms with E-state index in [1.807, 2.05) is 66.7 Å². The smallest absolute Gasteiger partial charge is 0.272 e. The fourth-order valence-corrected chi connectivity index (χ4v) is 4.95. The van der Waals surface area contributed by atoms with E-state index >= 15 is 0 Å². The molecule has 3 aromatic carbocycles. The monoisotopic (exact) mass is 565 g/mol. The molecule has 1 amide bonds. The fourth-order valence-electron chi connectivity index (χ4n) is 3.80. The number of hydrogen-bond donors (Lipinski definition) is 2. The predicted octanol–water partition coefficient (Wildman–Crippen LogP) is 6.50. The Morgan fingerprint density at radius 3 is 2.19 bits per heavy atom. The van der Waals surface area contributed by atoms with Crippen molar-refractivity contribution in [3.05, 3.63) is 101 Å². The Labute approximate surface area is 230 Å². The molecule has 0 spiro atoms. The number of ether oxygens (including phenoxy) is 2. The predicted molar refractivity (Wildman–Crippen MR) is 144 cm³/mol. The van der Waals surface area contributed by atoms with Crippen LogP contribution < -0.4 is 5.32 Å². The van der Waals surface area contributed by atoms with Gasteiger partial charge in [-0.05, 0) is 28.8 Å². The van der Waals surface area contributed by atoms with E-state index in [1.165, 1.54) is 4.90 Å². The molecule has 3 atom stereocenters. The molecule has 0 bridgehead atoms. The van der Waals surface area contributed by atoms with E-state index in [2.05, 4.69) is 17.4 Å². The summed E-state index contributed by atoms with van der Waals surface area (Å²) in [6.07, 6.45) is -0.0102. The number of thioether (sulfide) groups is 1. The summed E-state index contributed by atoms with van der Waals surface area (Å²) in [5.74, 6) is 0.111. The van der Waals surface area contributed by atoms with Crippen molar-refractivity contribution < 1.29 is 19.4 Å². The van der Waals surface area contributed by atoms with Crippen molar-refractivity contribution in [2.75, 3.05) is 5.75 Å². The molecular weight excluding hydrogens is 541 g/mol. The number of carbonyl (C=O) groups is 1. The van der Waals surface area contributed by atoms with Crippen LogP contribution in [0.2, 0.25) is 0 Å². The van der Waals surface area contributed by atoms with E-state index in [9.17, 15) is 9.90 Å². The molecule has 0 aliphatic carbocycles. The van der Waals surface area contributed by atoms with Gasteiger partial charge in [0.05, 0.1) is 18.8 Å². The standard InChI is InChI=1S/C27H26Cl3NO4S/c28-27(29,30)26(33)31-15-18-6-12-21(13-7-18)25-34-22(17-36-23-4-2-1-3-5-23)14-24(35-25)20-10-8-19(16-32)9-11-20/h1-13,22,24-25,32H,14-17H2,(H,31,33)/t22-,24+,25+/m1/s1. The SMILES string of the molecule is O=C(NCc1ccc([C@H]2O[C@@H](CSc3ccccc3)C[C@@H](c3ccc(CO)cc3)O2)cc1)C(Cl)(Cl)Cl. The Bertz CT molecular complexity index is 1120. The van der Waals surface area contributed by atoms with Crippen molar-refractivity contribution in [2.45, 2.75) is 46.8 Å². The topological polar surface area (TPSA) is 67.8 Å². The molecule has 1 saturated heterocycles. The molecule has 2 N–H and O–H groups in total. The van der Waals surface area contributed by atoms with Gasteiger partial charge in [0.1, 0.15) is 0 Å². The molecule has 1 aliphatic rings. The van der Waals surface area contributed by atoms with Crippen LogP contribution in [0.25, 0.3) is 0 Å². The molecule has 5 nitrogen and oxygen atoms in total. The largest absolute Gasteiger partial charge is 0.392 e. The van der Waals surface area contributed by atoms with E-state index in [4.69, 9.17) is 44.3 Å². The van der Waals surface area contributed by atoms with Crippen LogP contribution in [0.4, 0.5) is 0 Å². The summed E-state index contributed by atoms with van der Waals surface area (Å²) >= 11 is 18.6. The lowest BCUT2D eigenvalue weighted by atomic mass is 10.0. The van der Waals surface area contributed by atoms with Crippen LogP contribution in [0.1, 0.15) is 41.1 Å². The van der Waals surface area contributed by atoms with Gasteiger partial charge >= 0.3 is 0 Å². The first-order chi connectivity index (χ1) is 17.3. The van der Waals surface area contributed by atoms with Crippen LogP contribution in [0.15, 0.2) is 83.8 Å². The van der Waals surface area contributed by atoms with Gasteiger partial charge in [0.15, 0.2) is 6.29 Å². The summed E-state index contributed by atoms with van der Waals surface area (Å²) in [7, 11) is 0. The number of hydrogen-bond acceptors (Lipinski definition) is 5. The highest BCUT2D eigenvalue weighted by molar-refractivity contribution is 7.99. The molecule has 0 saturated carbocycles. The summed E-state index contributed by atoms with van der Waals surface area (Å²) < 4.78 is 10.8. The molecule has 1 fully saturated rings. The zero-order chi connectivity index (χ0) is 25.5. The molecule has 36 heavy (non-hydrogen) atoms. The maximum absolute atomic E-state index is 11.8. The number of carbonyl (C=O) groups excluding carboxylic acids is 1. The average Bonchev–Trinajstić information content (AvgIpc) is 2.90. The van der Waals surface area contributed by atoms with E-state index in [0.29, 0.717) is 0 Å². The third-order valence-electron chi connectivity index (χ3n) is 5.76. The van der Waals surface area contributed by atoms with Crippen molar-refractivity contribution in [1.82, 2.24) is 5.32 Å². The van der Waals surface area contributed by atoms with Gasteiger partial charge in [-0.25, -0.2) is 0 Å². The number of aliphatic hydroxyl groups is 1. The van der Waals surface area contributed by atoms with Gasteiger partial charge in [-0.1, -0.05) is 102 Å². The lowest BCUT2D eigenvalue weighted by Crippen LogP contribution is -2.34. The van der Waals surface area contributed by atoms with Crippen molar-refractivity contribution in [3.8, 4) is 0 Å². The Morgan fingerprint density at radius 1 is 0.917 bits per heavy atom. The van der Waals surface area contributed by atoms with Crippen LogP contribution in [0, 0.1) is 0 Å². The number of aliphatic hydroxyl groups excluding tert-OH is 1. The minimum atomic E-state index is -2.00. The maximum Gasteiger partial charge on any atom is 0.272 e. The van der Waals surface area contributed by atoms with Gasteiger partial charge < -0.3 is 19.9 Å². The number of halogens is 3. The normalized spacial score (nSPS) is 20.2. The third-order valence-corrected chi connectivity index (χ3v) is 7.42. The number of rotatable bonds is 8. The Hall–Kier alpha value is -1.77. The highest BCUT2D eigenvalue weighted by Crippen LogP contribution is 2.39. The summed E-state index contributed by atoms with van der Waals surface area (Å²) in [5.41, 5.74) is 3.62. The van der Waals surface area contributed by atoms with E-state index in [0.717, 1.165) is 34.4 Å². The lowest BCUT2D eigenvalue weighted by molar-refractivity contribution is -0.245. The van der Waals surface area contributed by atoms with Crippen molar-refractivity contribution >= 4 is 52.5 Å². The Balaban J connectivity index is 1.47. The quantitative estimate of drug-likeness (QED) is 0.241. The molecule has 3 aromatic rings. The zero-order valence-electron chi connectivity index (χ0n) is 19.3. The number of benzene rings is 3. The van der Waals surface area contributed by atoms with E-state index < -0.39 is 16.0 Å². The second-order valence-corrected chi connectivity index (χ2v) is 11.8. The van der Waals surface area contributed by atoms with Gasteiger partial charge in [0.25, 0.3) is 9.70 Å². The first kappa shape index (κ1) is 27.3. The molecule has 4 rings (SSSR count). The van der Waals surface area contributed by atoms with Crippen LogP contribution >= 0.6 is 46.6 Å². The summed E-state index contributed by atoms with van der Waals surface area (Å²) in [5, 5.41) is 12.0. The molecule has 0 aromatic heterocycles. The fraction of sp³-hybridized carbons (Fsp3) is 0.296. The highest BCUT2D eigenvalue weighted by atomic mass is 35.6. The second-order valence-electron chi connectivity index (χ2n) is 8.40. The molecule has 9 heteroatoms. The van der Waals surface area contributed by atoms with Gasteiger partial charge in [-0.3, -0.25) is 4.79 Å². The maximum atomic E-state index is 11.8. The molecule has 0 unspecified atom stereocenters. The van der Waals surface area contributed by atoms with Crippen molar-refractivity contribution in [1.29, 1.82) is 0 Å². The molecular formula is C27H26Cl3NO4S. The van der Waals surface area contributed by atoms with Crippen molar-refractivity contribution in [2.24, 2.45) is 0 Å². The number of alkyl halides is 3. The lowest BCUT2D eigenvalue weighted by Gasteiger charge is -2.36. The van der Waals surface area contributed by atoms with E-state index in [1.54, 1.807) is 11.8 Å². The first-order valence-corrected chi connectivity index (χ1v) is 13.6. The Morgan fingerprint density at radius 2 is 1.56 bits per heavy atom. The minimum Gasteiger partial charge on any atom is -0.392 e. The van der Waals surface area contributed by atoms with Crippen molar-refractivity contribution in [3.63, 3.8) is 0 Å². The molecule has 0 radical (unpaired) electrons. The average molecular weight is 567 g/mol.